The van der Waals surface area contributed by atoms with Crippen molar-refractivity contribution in [2.24, 2.45) is 0 Å². The summed E-state index contributed by atoms with van der Waals surface area (Å²) in [6, 6.07) is 13.8. The van der Waals surface area contributed by atoms with E-state index in [2.05, 4.69) is 52.8 Å². The summed E-state index contributed by atoms with van der Waals surface area (Å²) in [4.78, 5) is 0. The number of alkyl halides is 1. The molecule has 8 nitrogen and oxygen atoms in total. The molecule has 0 amide bonds. The number of hydrogen-bond donors (Lipinski definition) is 3. The second-order valence-electron chi connectivity index (χ2n) is 8.55. The number of nitrogens with zero attached hydrogens (tertiary/aromatic N) is 3. The molecule has 0 fully saturated rings. The Bertz CT molecular complexity index is 1110. The molecule has 3 aromatic rings. The van der Waals surface area contributed by atoms with Crippen LogP contribution in [0.4, 0.5) is 0 Å². The maximum atomic E-state index is 10.3. The first-order valence-electron chi connectivity index (χ1n) is 10.9. The molecule has 0 saturated heterocycles. The molecule has 11 heteroatoms. The first-order chi connectivity index (χ1) is 16.6. The minimum atomic E-state index is -0.803. The van der Waals surface area contributed by atoms with Gasteiger partial charge >= 0.3 is 0 Å². The molecule has 1 aromatic heterocycles. The molecule has 2 unspecified atom stereocenters. The normalized spacial score (nSPS) is 13.5. The smallest absolute Gasteiger partial charge is 0.149 e. The summed E-state index contributed by atoms with van der Waals surface area (Å²) in [5.41, 5.74) is 2.53. The van der Waals surface area contributed by atoms with Crippen LogP contribution in [-0.2, 0) is 18.6 Å². The quantitative estimate of drug-likeness (QED) is 0.193. The van der Waals surface area contributed by atoms with Crippen LogP contribution >= 0.6 is 56.8 Å². The minimum absolute atomic E-state index is 0.0854. The summed E-state index contributed by atoms with van der Waals surface area (Å²) in [6.07, 6.45) is -1.50. The van der Waals surface area contributed by atoms with E-state index in [9.17, 15) is 15.3 Å². The molecule has 35 heavy (non-hydrogen) atoms. The SMILES string of the molecule is CC(C)(c1ccc(OCC(O)Cn2nnc(I)c2CO)cc1)c1ccc(OCC(O)CCl)c(I)c1. The number of aliphatic hydroxyl groups excluding tert-OH is 3. The van der Waals surface area contributed by atoms with E-state index >= 15 is 0 Å². The topological polar surface area (TPSA) is 110 Å². The zero-order chi connectivity index (χ0) is 25.6. The molecule has 3 N–H and O–H groups in total. The number of aliphatic hydroxyl groups is 3. The minimum Gasteiger partial charge on any atom is -0.491 e. The third-order valence-electron chi connectivity index (χ3n) is 5.60. The Morgan fingerprint density at radius 2 is 1.66 bits per heavy atom. The lowest BCUT2D eigenvalue weighted by Gasteiger charge is -2.27. The van der Waals surface area contributed by atoms with Crippen molar-refractivity contribution in [3.05, 3.63) is 66.6 Å². The summed E-state index contributed by atoms with van der Waals surface area (Å²) >= 11 is 9.86. The number of benzene rings is 2. The largest absolute Gasteiger partial charge is 0.491 e. The Morgan fingerprint density at radius 1 is 1.00 bits per heavy atom. The van der Waals surface area contributed by atoms with E-state index in [1.54, 1.807) is 0 Å². The lowest BCUT2D eigenvalue weighted by molar-refractivity contribution is 0.0866. The molecule has 2 atom stereocenters. The van der Waals surface area contributed by atoms with Crippen LogP contribution in [0, 0.1) is 7.27 Å². The van der Waals surface area contributed by atoms with Gasteiger partial charge in [-0.25, -0.2) is 4.68 Å². The van der Waals surface area contributed by atoms with Crippen molar-refractivity contribution in [1.82, 2.24) is 15.0 Å². The monoisotopic (exact) mass is 727 g/mol. The highest BCUT2D eigenvalue weighted by Crippen LogP contribution is 2.35. The zero-order valence-corrected chi connectivity index (χ0v) is 24.4. The summed E-state index contributed by atoms with van der Waals surface area (Å²) in [5, 5.41) is 37.2. The molecular weight excluding hydrogens is 700 g/mol. The fourth-order valence-electron chi connectivity index (χ4n) is 3.42. The average molecular weight is 728 g/mol. The van der Waals surface area contributed by atoms with Gasteiger partial charge in [0.25, 0.3) is 0 Å². The predicted octanol–water partition coefficient (Wildman–Crippen LogP) is 3.72. The first kappa shape index (κ1) is 28.4. The highest BCUT2D eigenvalue weighted by atomic mass is 127. The fraction of sp³-hybridized carbons (Fsp3) is 0.417. The number of aromatic nitrogens is 3. The summed E-state index contributed by atoms with van der Waals surface area (Å²) in [5.74, 6) is 1.49. The maximum absolute atomic E-state index is 10.3. The molecule has 1 heterocycles. The molecular formula is C24H28ClI2N3O5. The van der Waals surface area contributed by atoms with Gasteiger partial charge < -0.3 is 24.8 Å². The van der Waals surface area contributed by atoms with E-state index < -0.39 is 12.2 Å². The van der Waals surface area contributed by atoms with Crippen LogP contribution in [0.15, 0.2) is 42.5 Å². The van der Waals surface area contributed by atoms with Gasteiger partial charge in [0.15, 0.2) is 0 Å². The van der Waals surface area contributed by atoms with E-state index in [1.807, 2.05) is 59.0 Å². The third-order valence-corrected chi connectivity index (χ3v) is 7.64. The van der Waals surface area contributed by atoms with E-state index in [1.165, 1.54) is 4.68 Å². The van der Waals surface area contributed by atoms with E-state index in [0.29, 0.717) is 20.9 Å². The number of hydrogen-bond acceptors (Lipinski definition) is 7. The first-order valence-corrected chi connectivity index (χ1v) is 13.6. The molecule has 0 aliphatic rings. The summed E-state index contributed by atoms with van der Waals surface area (Å²) in [7, 11) is 0. The van der Waals surface area contributed by atoms with Gasteiger partial charge in [0.1, 0.15) is 40.6 Å². The average Bonchev–Trinajstić information content (AvgIpc) is 3.20. The Labute approximate surface area is 236 Å². The zero-order valence-electron chi connectivity index (χ0n) is 19.4. The van der Waals surface area contributed by atoms with Crippen LogP contribution in [-0.4, -0.2) is 61.6 Å². The van der Waals surface area contributed by atoms with Crippen molar-refractivity contribution in [2.45, 2.75) is 44.6 Å². The van der Waals surface area contributed by atoms with Crippen LogP contribution < -0.4 is 9.47 Å². The standard InChI is InChI=1S/C24H28ClI2N3O5/c1-24(2,16-5-8-22(20(26)9-16)35-13-17(32)10-25)15-3-6-19(7-4-15)34-14-18(33)11-30-21(12-31)23(27)28-29-30/h3-9,17-18,31-33H,10-14H2,1-2H3. The molecule has 3 rings (SSSR count). The highest BCUT2D eigenvalue weighted by Gasteiger charge is 2.24. The van der Waals surface area contributed by atoms with Crippen molar-refractivity contribution in [1.29, 1.82) is 0 Å². The fourth-order valence-corrected chi connectivity index (χ4v) is 4.73. The predicted molar refractivity (Wildman–Crippen MR) is 150 cm³/mol. The number of ether oxygens (including phenoxy) is 2. The van der Waals surface area contributed by atoms with Gasteiger partial charge in [0, 0.05) is 5.41 Å². The van der Waals surface area contributed by atoms with Gasteiger partial charge in [0.2, 0.25) is 0 Å². The maximum Gasteiger partial charge on any atom is 0.149 e. The van der Waals surface area contributed by atoms with E-state index in [0.717, 1.165) is 14.7 Å². The van der Waals surface area contributed by atoms with Crippen molar-refractivity contribution < 1.29 is 24.8 Å². The second-order valence-corrected chi connectivity index (χ2v) is 11.0. The van der Waals surface area contributed by atoms with Crippen molar-refractivity contribution in [2.75, 3.05) is 19.1 Å². The van der Waals surface area contributed by atoms with Gasteiger partial charge in [0.05, 0.1) is 28.3 Å². The Morgan fingerprint density at radius 3 is 2.29 bits per heavy atom. The third kappa shape index (κ3) is 7.41. The van der Waals surface area contributed by atoms with Gasteiger partial charge in [-0.3, -0.25) is 0 Å². The van der Waals surface area contributed by atoms with Crippen LogP contribution in [0.25, 0.3) is 0 Å². The molecule has 2 aromatic carbocycles. The molecule has 0 bridgehead atoms. The molecule has 0 radical (unpaired) electrons. The van der Waals surface area contributed by atoms with Crippen molar-refractivity contribution in [3.8, 4) is 11.5 Å². The van der Waals surface area contributed by atoms with Gasteiger partial charge in [-0.15, -0.1) is 16.7 Å². The lowest BCUT2D eigenvalue weighted by atomic mass is 9.78. The van der Waals surface area contributed by atoms with Gasteiger partial charge in [-0.2, -0.15) is 0 Å². The summed E-state index contributed by atoms with van der Waals surface area (Å²) < 4.78 is 14.5. The number of rotatable bonds is 12. The summed E-state index contributed by atoms with van der Waals surface area (Å²) in [6.45, 7) is 4.52. The molecule has 190 valence electrons. The Hall–Kier alpha value is -1.19. The van der Waals surface area contributed by atoms with E-state index in [4.69, 9.17) is 21.1 Å². The Kier molecular flexibility index (Phi) is 10.4. The number of halogens is 3. The van der Waals surface area contributed by atoms with Crippen LogP contribution in [0.3, 0.4) is 0 Å². The van der Waals surface area contributed by atoms with Gasteiger partial charge in [-0.1, -0.05) is 37.3 Å². The van der Waals surface area contributed by atoms with Crippen molar-refractivity contribution >= 4 is 56.8 Å². The van der Waals surface area contributed by atoms with Crippen LogP contribution in [0.1, 0.15) is 30.7 Å². The molecule has 0 aliphatic carbocycles. The van der Waals surface area contributed by atoms with Crippen LogP contribution in [0.5, 0.6) is 11.5 Å². The van der Waals surface area contributed by atoms with E-state index in [-0.39, 0.29) is 37.7 Å². The lowest BCUT2D eigenvalue weighted by Crippen LogP contribution is -2.25. The second kappa shape index (κ2) is 12.9. The van der Waals surface area contributed by atoms with Crippen molar-refractivity contribution in [3.63, 3.8) is 0 Å². The molecule has 0 saturated carbocycles. The van der Waals surface area contributed by atoms with Gasteiger partial charge in [-0.05, 0) is 80.6 Å². The Balaban J connectivity index is 1.61. The molecule has 0 aliphatic heterocycles. The molecule has 0 spiro atoms. The van der Waals surface area contributed by atoms with Crippen LogP contribution in [0.2, 0.25) is 0 Å². The highest BCUT2D eigenvalue weighted by molar-refractivity contribution is 14.1.